The molecule has 0 saturated carbocycles. The van der Waals surface area contributed by atoms with Crippen LogP contribution in [0.1, 0.15) is 36.8 Å². The molecule has 4 nitrogen and oxygen atoms in total. The van der Waals surface area contributed by atoms with E-state index < -0.39 is 0 Å². The van der Waals surface area contributed by atoms with Gasteiger partial charge in [-0.2, -0.15) is 0 Å². The van der Waals surface area contributed by atoms with E-state index in [0.717, 1.165) is 43.9 Å². The van der Waals surface area contributed by atoms with Crippen LogP contribution in [0.15, 0.2) is 29.8 Å². The Bertz CT molecular complexity index is 758. The van der Waals surface area contributed by atoms with Crippen LogP contribution in [0, 0.1) is 5.92 Å². The average Bonchev–Trinajstić information content (AvgIpc) is 3.40. The highest BCUT2D eigenvalue weighted by Crippen LogP contribution is 2.32. The van der Waals surface area contributed by atoms with Gasteiger partial charge in [-0.1, -0.05) is 48.7 Å². The van der Waals surface area contributed by atoms with Crippen molar-refractivity contribution in [1.29, 1.82) is 0 Å². The zero-order chi connectivity index (χ0) is 18.8. The van der Waals surface area contributed by atoms with Crippen LogP contribution >= 0.6 is 24.6 Å². The van der Waals surface area contributed by atoms with Gasteiger partial charge in [-0.15, -0.1) is 11.8 Å². The summed E-state index contributed by atoms with van der Waals surface area (Å²) in [4.78, 5) is 27.6. The maximum atomic E-state index is 12.9. The van der Waals surface area contributed by atoms with Crippen LogP contribution in [0.4, 0.5) is 0 Å². The Kier molecular flexibility index (Phi) is 5.95. The lowest BCUT2D eigenvalue weighted by Gasteiger charge is -2.27. The molecule has 0 aromatic heterocycles. The van der Waals surface area contributed by atoms with Crippen molar-refractivity contribution in [2.24, 2.45) is 5.92 Å². The minimum Gasteiger partial charge on any atom is -0.331 e. The van der Waals surface area contributed by atoms with Crippen LogP contribution in [0.2, 0.25) is 0 Å². The molecule has 2 fully saturated rings. The summed E-state index contributed by atoms with van der Waals surface area (Å²) in [6.45, 7) is 1.49. The quantitative estimate of drug-likeness (QED) is 0.740. The van der Waals surface area contributed by atoms with Gasteiger partial charge in [-0.3, -0.25) is 9.59 Å². The SMILES string of the molecule is O=C(CCCC1=Cc2ccccc2C1)C1CCN(S)[C@H]1C(=O)N1CCSC1. The largest absolute Gasteiger partial charge is 0.331 e. The van der Waals surface area contributed by atoms with Crippen molar-refractivity contribution in [1.82, 2.24) is 9.21 Å². The first-order valence-electron chi connectivity index (χ1n) is 9.75. The zero-order valence-corrected chi connectivity index (χ0v) is 17.2. The number of rotatable bonds is 6. The molecular weight excluding hydrogens is 376 g/mol. The molecule has 1 aromatic rings. The Balaban J connectivity index is 1.30. The number of thiol groups is 1. The van der Waals surface area contributed by atoms with Gasteiger partial charge in [0.25, 0.3) is 0 Å². The molecule has 2 saturated heterocycles. The van der Waals surface area contributed by atoms with Crippen molar-refractivity contribution >= 4 is 42.3 Å². The van der Waals surface area contributed by atoms with E-state index in [1.807, 2.05) is 4.90 Å². The number of fused-ring (bicyclic) bond motifs is 1. The standard InChI is InChI=1S/C21H26N2O2S2/c24-19(7-3-4-15-12-16-5-1-2-6-17(16)13-15)18-8-9-23(26)20(18)21(25)22-10-11-27-14-22/h1-2,5-6,12,18,20,26H,3-4,7-11,13-14H2/t18?,20-/m1/s1. The van der Waals surface area contributed by atoms with Gasteiger partial charge in [0, 0.05) is 31.2 Å². The Hall–Kier alpha value is -1.24. The highest BCUT2D eigenvalue weighted by atomic mass is 32.2. The maximum absolute atomic E-state index is 12.9. The second kappa shape index (κ2) is 8.41. The van der Waals surface area contributed by atoms with Gasteiger partial charge in [-0.25, -0.2) is 4.31 Å². The molecule has 0 spiro atoms. The third kappa shape index (κ3) is 4.13. The normalized spacial score (nSPS) is 24.9. The summed E-state index contributed by atoms with van der Waals surface area (Å²) in [6, 6.07) is 8.10. The maximum Gasteiger partial charge on any atom is 0.242 e. The first-order chi connectivity index (χ1) is 13.1. The molecule has 0 N–H and O–H groups in total. The smallest absolute Gasteiger partial charge is 0.242 e. The summed E-state index contributed by atoms with van der Waals surface area (Å²) >= 11 is 6.26. The summed E-state index contributed by atoms with van der Waals surface area (Å²) in [7, 11) is 0. The van der Waals surface area contributed by atoms with Crippen LogP contribution in [0.3, 0.4) is 0 Å². The van der Waals surface area contributed by atoms with Gasteiger partial charge in [0.1, 0.15) is 11.8 Å². The number of thioether (sulfide) groups is 1. The first kappa shape index (κ1) is 19.1. The molecule has 1 aromatic carbocycles. The minimum absolute atomic E-state index is 0.0831. The number of amides is 1. The summed E-state index contributed by atoms with van der Waals surface area (Å²) in [6.07, 6.45) is 6.39. The molecule has 27 heavy (non-hydrogen) atoms. The number of benzene rings is 1. The predicted molar refractivity (Wildman–Crippen MR) is 114 cm³/mol. The van der Waals surface area contributed by atoms with E-state index in [1.165, 1.54) is 16.7 Å². The lowest BCUT2D eigenvalue weighted by Crippen LogP contribution is -2.46. The molecule has 2 heterocycles. The number of hydrogen-bond donors (Lipinski definition) is 1. The average molecular weight is 403 g/mol. The lowest BCUT2D eigenvalue weighted by atomic mass is 9.91. The van der Waals surface area contributed by atoms with Crippen LogP contribution in [0.25, 0.3) is 6.08 Å². The number of allylic oxidation sites excluding steroid dienone is 1. The van der Waals surface area contributed by atoms with Crippen LogP contribution in [-0.2, 0) is 16.0 Å². The second-order valence-corrected chi connectivity index (χ2v) is 9.23. The van der Waals surface area contributed by atoms with Crippen molar-refractivity contribution in [2.45, 2.75) is 38.1 Å². The monoisotopic (exact) mass is 402 g/mol. The molecule has 4 rings (SSSR count). The molecule has 2 aliphatic heterocycles. The van der Waals surface area contributed by atoms with Crippen LogP contribution < -0.4 is 0 Å². The summed E-state index contributed by atoms with van der Waals surface area (Å²) in [5.74, 6) is 1.84. The Morgan fingerprint density at radius 3 is 2.85 bits per heavy atom. The fraction of sp³-hybridized carbons (Fsp3) is 0.524. The fourth-order valence-corrected chi connectivity index (χ4v) is 5.71. The van der Waals surface area contributed by atoms with Crippen LogP contribution in [0.5, 0.6) is 0 Å². The van der Waals surface area contributed by atoms with E-state index in [1.54, 1.807) is 16.1 Å². The van der Waals surface area contributed by atoms with Gasteiger partial charge in [0.15, 0.2) is 0 Å². The second-order valence-electron chi connectivity index (χ2n) is 7.64. The van der Waals surface area contributed by atoms with Gasteiger partial charge >= 0.3 is 0 Å². The van der Waals surface area contributed by atoms with Crippen molar-refractivity contribution < 1.29 is 9.59 Å². The van der Waals surface area contributed by atoms with Crippen LogP contribution in [-0.4, -0.2) is 51.7 Å². The summed E-state index contributed by atoms with van der Waals surface area (Å²) in [5.41, 5.74) is 4.11. The molecular formula is C21H26N2O2S2. The minimum atomic E-state index is -0.380. The van der Waals surface area contributed by atoms with E-state index in [0.29, 0.717) is 13.0 Å². The van der Waals surface area contributed by atoms with E-state index in [4.69, 9.17) is 0 Å². The number of nitrogens with zero attached hydrogens (tertiary/aromatic N) is 2. The summed E-state index contributed by atoms with van der Waals surface area (Å²) in [5, 5.41) is 0. The van der Waals surface area contributed by atoms with Crippen molar-refractivity contribution in [2.75, 3.05) is 24.7 Å². The Morgan fingerprint density at radius 1 is 1.22 bits per heavy atom. The van der Waals surface area contributed by atoms with Gasteiger partial charge in [0.05, 0.1) is 5.88 Å². The zero-order valence-electron chi connectivity index (χ0n) is 15.5. The van der Waals surface area contributed by atoms with Gasteiger partial charge in [0.2, 0.25) is 5.91 Å². The topological polar surface area (TPSA) is 40.6 Å². The van der Waals surface area contributed by atoms with E-state index in [-0.39, 0.29) is 23.7 Å². The van der Waals surface area contributed by atoms with Gasteiger partial charge in [-0.05, 0) is 36.8 Å². The third-order valence-electron chi connectivity index (χ3n) is 5.86. The number of ketones is 1. The first-order valence-corrected chi connectivity index (χ1v) is 11.3. The molecule has 1 aliphatic carbocycles. The molecule has 0 radical (unpaired) electrons. The lowest BCUT2D eigenvalue weighted by molar-refractivity contribution is -0.137. The molecule has 3 aliphatic rings. The molecule has 144 valence electrons. The van der Waals surface area contributed by atoms with E-state index in [2.05, 4.69) is 43.2 Å². The molecule has 1 unspecified atom stereocenters. The molecule has 0 bridgehead atoms. The molecule has 2 atom stereocenters. The molecule has 1 amide bonds. The predicted octanol–water partition coefficient (Wildman–Crippen LogP) is 3.43. The molecule has 6 heteroatoms. The highest BCUT2D eigenvalue weighted by Gasteiger charge is 2.43. The number of carbonyl (C=O) groups is 2. The number of hydrogen-bond acceptors (Lipinski definition) is 5. The summed E-state index contributed by atoms with van der Waals surface area (Å²) < 4.78 is 1.78. The number of carbonyl (C=O) groups excluding carboxylic acids is 2. The Labute approximate surface area is 170 Å². The van der Waals surface area contributed by atoms with Crippen molar-refractivity contribution in [3.8, 4) is 0 Å². The van der Waals surface area contributed by atoms with Crippen molar-refractivity contribution in [3.05, 3.63) is 41.0 Å². The van der Waals surface area contributed by atoms with Crippen molar-refractivity contribution in [3.63, 3.8) is 0 Å². The highest BCUT2D eigenvalue weighted by molar-refractivity contribution is 7.99. The Morgan fingerprint density at radius 2 is 2.07 bits per heavy atom. The van der Waals surface area contributed by atoms with E-state index >= 15 is 0 Å². The number of Topliss-reactive ketones (excluding diaryl/α,β-unsaturated/α-hetero) is 1. The third-order valence-corrected chi connectivity index (χ3v) is 7.27. The van der Waals surface area contributed by atoms with Gasteiger partial charge < -0.3 is 4.90 Å². The van der Waals surface area contributed by atoms with E-state index in [9.17, 15) is 9.59 Å². The fourth-order valence-electron chi connectivity index (χ4n) is 4.37.